The van der Waals surface area contributed by atoms with Crippen molar-refractivity contribution in [2.45, 2.75) is 39.9 Å². The zero-order valence-electron chi connectivity index (χ0n) is 13.8. The molecule has 0 aliphatic rings. The minimum atomic E-state index is -0.324. The van der Waals surface area contributed by atoms with Crippen molar-refractivity contribution in [3.8, 4) is 0 Å². The topological polar surface area (TPSA) is 79.2 Å². The molecule has 2 rings (SSSR count). The van der Waals surface area contributed by atoms with E-state index in [-0.39, 0.29) is 18.6 Å². The summed E-state index contributed by atoms with van der Waals surface area (Å²) in [6, 6.07) is 9.07. The molecule has 1 unspecified atom stereocenters. The molecule has 0 saturated heterocycles. The summed E-state index contributed by atoms with van der Waals surface area (Å²) in [6.07, 6.45) is 0. The molecule has 0 aliphatic carbocycles. The van der Waals surface area contributed by atoms with Crippen LogP contribution in [0.3, 0.4) is 0 Å². The number of rotatable bonds is 7. The molecule has 23 heavy (non-hydrogen) atoms. The quantitative estimate of drug-likeness (QED) is 0.725. The van der Waals surface area contributed by atoms with E-state index in [0.29, 0.717) is 13.1 Å². The number of hydrogen-bond acceptors (Lipinski definition) is 4. The van der Waals surface area contributed by atoms with Crippen molar-refractivity contribution in [3.05, 3.63) is 47.3 Å². The first-order valence-corrected chi connectivity index (χ1v) is 7.76. The number of nitrogens with zero attached hydrogens (tertiary/aromatic N) is 2. The Hall–Kier alpha value is -2.18. The summed E-state index contributed by atoms with van der Waals surface area (Å²) in [5, 5.41) is 19.6. The summed E-state index contributed by atoms with van der Waals surface area (Å²) in [7, 11) is 0. The highest BCUT2D eigenvalue weighted by Gasteiger charge is 2.16. The van der Waals surface area contributed by atoms with Crippen LogP contribution in [-0.2, 0) is 17.9 Å². The molecule has 0 fully saturated rings. The predicted molar refractivity (Wildman–Crippen MR) is 90.2 cm³/mol. The summed E-state index contributed by atoms with van der Waals surface area (Å²) in [4.78, 5) is 12.2. The Kier molecular flexibility index (Phi) is 5.90. The molecule has 0 saturated carbocycles. The average Bonchev–Trinajstić information content (AvgIpc) is 2.80. The zero-order valence-corrected chi connectivity index (χ0v) is 13.8. The summed E-state index contributed by atoms with van der Waals surface area (Å²) < 4.78 is 1.79. The number of carbonyl (C=O) groups excluding carboxylic acids is 1. The van der Waals surface area contributed by atoms with Gasteiger partial charge in [-0.05, 0) is 32.9 Å². The second-order valence-electron chi connectivity index (χ2n) is 5.55. The van der Waals surface area contributed by atoms with Crippen LogP contribution in [0.5, 0.6) is 0 Å². The number of para-hydroxylation sites is 1. The van der Waals surface area contributed by atoms with Gasteiger partial charge in [-0.15, -0.1) is 0 Å². The van der Waals surface area contributed by atoms with E-state index < -0.39 is 0 Å². The molecule has 0 bridgehead atoms. The van der Waals surface area contributed by atoms with E-state index >= 15 is 0 Å². The normalized spacial score (nSPS) is 12.2. The second-order valence-corrected chi connectivity index (χ2v) is 5.55. The van der Waals surface area contributed by atoms with Crippen molar-refractivity contribution in [2.24, 2.45) is 0 Å². The molecule has 0 radical (unpaired) electrons. The van der Waals surface area contributed by atoms with Crippen LogP contribution in [-0.4, -0.2) is 33.4 Å². The summed E-state index contributed by atoms with van der Waals surface area (Å²) in [5.74, 6) is -0.0748. The van der Waals surface area contributed by atoms with Crippen LogP contribution in [0.15, 0.2) is 30.3 Å². The van der Waals surface area contributed by atoms with E-state index in [2.05, 4.69) is 15.7 Å². The lowest BCUT2D eigenvalue weighted by Crippen LogP contribution is -2.37. The fourth-order valence-electron chi connectivity index (χ4n) is 2.42. The van der Waals surface area contributed by atoms with Crippen LogP contribution in [0.1, 0.15) is 23.9 Å². The van der Waals surface area contributed by atoms with Gasteiger partial charge in [0.25, 0.3) is 0 Å². The van der Waals surface area contributed by atoms with Crippen LogP contribution in [0.25, 0.3) is 0 Å². The first-order valence-electron chi connectivity index (χ1n) is 7.76. The van der Waals surface area contributed by atoms with Crippen molar-refractivity contribution < 1.29 is 9.90 Å². The number of hydrogen-bond donors (Lipinski definition) is 3. The summed E-state index contributed by atoms with van der Waals surface area (Å²) in [6.45, 7) is 6.85. The highest BCUT2D eigenvalue weighted by Crippen LogP contribution is 2.13. The van der Waals surface area contributed by atoms with Gasteiger partial charge in [0.15, 0.2) is 0 Å². The summed E-state index contributed by atoms with van der Waals surface area (Å²) in [5.41, 5.74) is 3.78. The lowest BCUT2D eigenvalue weighted by atomic mass is 10.2. The first kappa shape index (κ1) is 17.2. The van der Waals surface area contributed by atoms with Gasteiger partial charge in [-0.1, -0.05) is 18.2 Å². The van der Waals surface area contributed by atoms with Crippen LogP contribution in [0.2, 0.25) is 0 Å². The largest absolute Gasteiger partial charge is 0.394 e. The first-order chi connectivity index (χ1) is 11.0. The molecule has 1 amide bonds. The van der Waals surface area contributed by atoms with Gasteiger partial charge < -0.3 is 15.7 Å². The molecule has 6 heteroatoms. The lowest BCUT2D eigenvalue weighted by molar-refractivity contribution is -0.117. The number of benzene rings is 1. The minimum Gasteiger partial charge on any atom is -0.394 e. The standard InChI is InChI=1S/C17H24N4O2/c1-12-16(14(3)21(20-12)9-10-22)11-18-13(2)17(23)19-15-7-5-4-6-8-15/h4-8,13,18,22H,9-11H2,1-3H3,(H,19,23). The van der Waals surface area contributed by atoms with Crippen molar-refractivity contribution in [3.63, 3.8) is 0 Å². The highest BCUT2D eigenvalue weighted by molar-refractivity contribution is 5.94. The molecule has 124 valence electrons. The van der Waals surface area contributed by atoms with Crippen LogP contribution < -0.4 is 10.6 Å². The van der Waals surface area contributed by atoms with Crippen molar-refractivity contribution in [2.75, 3.05) is 11.9 Å². The number of carbonyl (C=O) groups is 1. The molecule has 1 aromatic carbocycles. The van der Waals surface area contributed by atoms with Gasteiger partial charge >= 0.3 is 0 Å². The maximum atomic E-state index is 12.2. The number of amides is 1. The Bertz CT molecular complexity index is 652. The molecule has 1 heterocycles. The molecule has 1 atom stereocenters. The van der Waals surface area contributed by atoms with Crippen LogP contribution in [0, 0.1) is 13.8 Å². The van der Waals surface area contributed by atoms with Crippen LogP contribution >= 0.6 is 0 Å². The maximum Gasteiger partial charge on any atom is 0.241 e. The van der Waals surface area contributed by atoms with Crippen molar-refractivity contribution in [1.82, 2.24) is 15.1 Å². The van der Waals surface area contributed by atoms with Gasteiger partial charge in [-0.25, -0.2) is 0 Å². The fraction of sp³-hybridized carbons (Fsp3) is 0.412. The van der Waals surface area contributed by atoms with Gasteiger partial charge in [-0.2, -0.15) is 5.10 Å². The number of nitrogens with one attached hydrogen (secondary N) is 2. The fourth-order valence-corrected chi connectivity index (χ4v) is 2.42. The highest BCUT2D eigenvalue weighted by atomic mass is 16.3. The molecular weight excluding hydrogens is 292 g/mol. The van der Waals surface area contributed by atoms with Gasteiger partial charge in [0.1, 0.15) is 0 Å². The van der Waals surface area contributed by atoms with Gasteiger partial charge in [0.05, 0.1) is 24.9 Å². The van der Waals surface area contributed by atoms with E-state index in [1.165, 1.54) is 0 Å². The van der Waals surface area contributed by atoms with Gasteiger partial charge in [-0.3, -0.25) is 9.48 Å². The molecule has 1 aromatic heterocycles. The van der Waals surface area contributed by atoms with E-state index in [1.807, 2.05) is 51.1 Å². The second kappa shape index (κ2) is 7.89. The number of aromatic nitrogens is 2. The van der Waals surface area contributed by atoms with E-state index in [9.17, 15) is 4.79 Å². The van der Waals surface area contributed by atoms with Crippen LogP contribution in [0.4, 0.5) is 5.69 Å². The Morgan fingerprint density at radius 1 is 1.30 bits per heavy atom. The molecule has 3 N–H and O–H groups in total. The molecule has 2 aromatic rings. The Morgan fingerprint density at radius 3 is 2.65 bits per heavy atom. The number of aliphatic hydroxyl groups is 1. The number of aryl methyl sites for hydroxylation is 1. The smallest absolute Gasteiger partial charge is 0.241 e. The van der Waals surface area contributed by atoms with E-state index in [0.717, 1.165) is 22.6 Å². The number of aliphatic hydroxyl groups excluding tert-OH is 1. The predicted octanol–water partition coefficient (Wildman–Crippen LogP) is 1.61. The average molecular weight is 316 g/mol. The zero-order chi connectivity index (χ0) is 16.8. The van der Waals surface area contributed by atoms with E-state index in [4.69, 9.17) is 5.11 Å². The maximum absolute atomic E-state index is 12.2. The molecular formula is C17H24N4O2. The Balaban J connectivity index is 1.94. The Morgan fingerprint density at radius 2 is 2.00 bits per heavy atom. The SMILES string of the molecule is Cc1nn(CCO)c(C)c1CNC(C)C(=O)Nc1ccccc1. The van der Waals surface area contributed by atoms with Gasteiger partial charge in [0.2, 0.25) is 5.91 Å². The summed E-state index contributed by atoms with van der Waals surface area (Å²) >= 11 is 0. The van der Waals surface area contributed by atoms with Crippen molar-refractivity contribution >= 4 is 11.6 Å². The molecule has 6 nitrogen and oxygen atoms in total. The van der Waals surface area contributed by atoms with Crippen molar-refractivity contribution in [1.29, 1.82) is 0 Å². The monoisotopic (exact) mass is 316 g/mol. The molecule has 0 aliphatic heterocycles. The third-order valence-electron chi connectivity index (χ3n) is 3.86. The Labute approximate surface area is 136 Å². The van der Waals surface area contributed by atoms with Gasteiger partial charge in [0, 0.05) is 23.5 Å². The molecule has 0 spiro atoms. The minimum absolute atomic E-state index is 0.0602. The third kappa shape index (κ3) is 4.40. The third-order valence-corrected chi connectivity index (χ3v) is 3.86. The number of anilines is 1. The van der Waals surface area contributed by atoms with E-state index in [1.54, 1.807) is 4.68 Å². The lowest BCUT2D eigenvalue weighted by Gasteiger charge is -2.14.